The number of aryl methyl sites for hydroxylation is 3. The zero-order chi connectivity index (χ0) is 24.8. The summed E-state index contributed by atoms with van der Waals surface area (Å²) in [6, 6.07) is 22.3. The summed E-state index contributed by atoms with van der Waals surface area (Å²) in [5.74, 6) is 0.0504. The van der Waals surface area contributed by atoms with Crippen LogP contribution in [0, 0.1) is 6.92 Å². The molecular weight excluding hydrogens is 458 g/mol. The highest BCUT2D eigenvalue weighted by Gasteiger charge is 2.18. The average molecular weight is 490 g/mol. The molecule has 4 rings (SSSR count). The first-order valence-electron chi connectivity index (χ1n) is 12.0. The highest BCUT2D eigenvalue weighted by Crippen LogP contribution is 2.23. The van der Waals surface area contributed by atoms with E-state index in [0.717, 1.165) is 41.7 Å². The molecule has 0 bridgehead atoms. The van der Waals surface area contributed by atoms with Gasteiger partial charge in [-0.3, -0.25) is 4.79 Å². The number of H-pyrrole nitrogens is 1. The van der Waals surface area contributed by atoms with Gasteiger partial charge in [0.1, 0.15) is 5.82 Å². The van der Waals surface area contributed by atoms with Gasteiger partial charge in [0, 0.05) is 5.56 Å². The lowest BCUT2D eigenvalue weighted by Crippen LogP contribution is -2.32. The van der Waals surface area contributed by atoms with Crippen molar-refractivity contribution < 1.29 is 13.2 Å². The van der Waals surface area contributed by atoms with Gasteiger partial charge in [-0.1, -0.05) is 67.9 Å². The van der Waals surface area contributed by atoms with Gasteiger partial charge in [0.2, 0.25) is 10.0 Å². The van der Waals surface area contributed by atoms with Gasteiger partial charge in [0.15, 0.2) is 0 Å². The summed E-state index contributed by atoms with van der Waals surface area (Å²) in [6.07, 6.45) is 3.80. The number of aromatic amines is 1. The third-order valence-corrected chi connectivity index (χ3v) is 7.36. The van der Waals surface area contributed by atoms with Crippen LogP contribution in [0.4, 0.5) is 0 Å². The van der Waals surface area contributed by atoms with Crippen molar-refractivity contribution in [3.05, 3.63) is 100 Å². The number of fused-ring (bicyclic) bond motifs is 1. The summed E-state index contributed by atoms with van der Waals surface area (Å²) in [5, 5.41) is 0. The van der Waals surface area contributed by atoms with Gasteiger partial charge in [-0.15, -0.1) is 0 Å². The van der Waals surface area contributed by atoms with E-state index >= 15 is 0 Å². The summed E-state index contributed by atoms with van der Waals surface area (Å²) in [6.45, 7) is 3.77. The van der Waals surface area contributed by atoms with Gasteiger partial charge < -0.3 is 4.98 Å². The lowest BCUT2D eigenvalue weighted by atomic mass is 9.98. The van der Waals surface area contributed by atoms with Crippen molar-refractivity contribution >= 4 is 27.0 Å². The molecule has 4 aromatic rings. The standard InChI is InChI=1S/C28H31N3O3S/c1-3-4-16-35(33,34)31-28(32)25-18-24(27-26(19-25)29-20(2)30-27)17-23-14-12-22(13-15-23)11-10-21-8-6-5-7-9-21/h5-9,12-15,18-19H,3-4,10-11,16-17H2,1-2H3,(H,29,30)(H,31,32). The van der Waals surface area contributed by atoms with E-state index in [-0.39, 0.29) is 5.75 Å². The Balaban J connectivity index is 1.53. The second kappa shape index (κ2) is 10.9. The van der Waals surface area contributed by atoms with Crippen LogP contribution in [0.3, 0.4) is 0 Å². The fraction of sp³-hybridized carbons (Fsp3) is 0.286. The van der Waals surface area contributed by atoms with Crippen LogP contribution in [0.15, 0.2) is 66.7 Å². The van der Waals surface area contributed by atoms with Crippen LogP contribution < -0.4 is 4.72 Å². The van der Waals surface area contributed by atoms with E-state index in [1.165, 1.54) is 11.1 Å². The first-order valence-corrected chi connectivity index (χ1v) is 13.6. The van der Waals surface area contributed by atoms with Crippen molar-refractivity contribution in [2.45, 2.75) is 46.0 Å². The largest absolute Gasteiger partial charge is 0.342 e. The van der Waals surface area contributed by atoms with E-state index in [0.29, 0.717) is 23.9 Å². The number of amides is 1. The molecule has 6 nitrogen and oxygen atoms in total. The summed E-state index contributed by atoms with van der Waals surface area (Å²) in [5.41, 5.74) is 6.40. The molecule has 0 saturated carbocycles. The van der Waals surface area contributed by atoms with Crippen molar-refractivity contribution in [1.82, 2.24) is 14.7 Å². The van der Waals surface area contributed by atoms with Gasteiger partial charge in [0.05, 0.1) is 16.8 Å². The molecule has 0 saturated heterocycles. The van der Waals surface area contributed by atoms with Crippen molar-refractivity contribution in [1.29, 1.82) is 0 Å². The molecule has 0 aliphatic carbocycles. The van der Waals surface area contributed by atoms with Crippen LogP contribution in [0.1, 0.15) is 58.2 Å². The fourth-order valence-electron chi connectivity index (χ4n) is 4.14. The molecule has 1 heterocycles. The highest BCUT2D eigenvalue weighted by molar-refractivity contribution is 7.90. The molecule has 0 fully saturated rings. The molecule has 182 valence electrons. The topological polar surface area (TPSA) is 91.9 Å². The SMILES string of the molecule is CCCCS(=O)(=O)NC(=O)c1cc(Cc2ccc(CCc3ccccc3)cc2)c2[nH]c(C)nc2c1. The molecule has 0 spiro atoms. The minimum atomic E-state index is -3.67. The minimum absolute atomic E-state index is 0.0670. The molecule has 0 aliphatic heterocycles. The summed E-state index contributed by atoms with van der Waals surface area (Å²) >= 11 is 0. The zero-order valence-electron chi connectivity index (χ0n) is 20.2. The summed E-state index contributed by atoms with van der Waals surface area (Å²) in [4.78, 5) is 20.5. The van der Waals surface area contributed by atoms with Crippen molar-refractivity contribution in [2.75, 3.05) is 5.75 Å². The lowest BCUT2D eigenvalue weighted by Gasteiger charge is -2.10. The molecule has 35 heavy (non-hydrogen) atoms. The van der Waals surface area contributed by atoms with E-state index in [9.17, 15) is 13.2 Å². The molecule has 7 heteroatoms. The molecule has 0 atom stereocenters. The van der Waals surface area contributed by atoms with Crippen LogP contribution in [-0.2, 0) is 29.3 Å². The number of benzene rings is 3. The van der Waals surface area contributed by atoms with E-state index in [1.807, 2.05) is 19.9 Å². The Bertz CT molecular complexity index is 1410. The Morgan fingerprint density at radius 3 is 2.29 bits per heavy atom. The number of nitrogens with zero attached hydrogens (tertiary/aromatic N) is 1. The molecule has 1 aromatic heterocycles. The summed E-state index contributed by atoms with van der Waals surface area (Å²) < 4.78 is 26.7. The number of imidazole rings is 1. The number of aromatic nitrogens is 2. The predicted molar refractivity (Wildman–Crippen MR) is 140 cm³/mol. The van der Waals surface area contributed by atoms with E-state index in [2.05, 4.69) is 63.2 Å². The highest BCUT2D eigenvalue weighted by atomic mass is 32.2. The Morgan fingerprint density at radius 1 is 0.943 bits per heavy atom. The molecular formula is C28H31N3O3S. The van der Waals surface area contributed by atoms with E-state index in [1.54, 1.807) is 12.1 Å². The number of rotatable bonds is 10. The number of sulfonamides is 1. The van der Waals surface area contributed by atoms with E-state index in [4.69, 9.17) is 0 Å². The molecule has 0 unspecified atom stereocenters. The fourth-order valence-corrected chi connectivity index (χ4v) is 5.31. The van der Waals surface area contributed by atoms with Crippen LogP contribution in [0.5, 0.6) is 0 Å². The quantitative estimate of drug-likeness (QED) is 0.324. The number of unbranched alkanes of at least 4 members (excludes halogenated alkanes) is 1. The van der Waals surface area contributed by atoms with Crippen LogP contribution >= 0.6 is 0 Å². The Labute approximate surface area is 206 Å². The van der Waals surface area contributed by atoms with Gasteiger partial charge in [-0.25, -0.2) is 18.1 Å². The molecule has 1 amide bonds. The smallest absolute Gasteiger partial charge is 0.264 e. The summed E-state index contributed by atoms with van der Waals surface area (Å²) in [7, 11) is -3.67. The van der Waals surface area contributed by atoms with Crippen molar-refractivity contribution in [3.63, 3.8) is 0 Å². The second-order valence-electron chi connectivity index (χ2n) is 8.93. The Kier molecular flexibility index (Phi) is 7.66. The number of hydrogen-bond donors (Lipinski definition) is 2. The Hall–Kier alpha value is -3.45. The third kappa shape index (κ3) is 6.57. The lowest BCUT2D eigenvalue weighted by molar-refractivity contribution is 0.0981. The predicted octanol–water partition coefficient (Wildman–Crippen LogP) is 5.11. The second-order valence-corrected chi connectivity index (χ2v) is 10.8. The average Bonchev–Trinajstić information content (AvgIpc) is 3.23. The number of hydrogen-bond acceptors (Lipinski definition) is 4. The third-order valence-electron chi connectivity index (χ3n) is 6.03. The first-order chi connectivity index (χ1) is 16.8. The maximum Gasteiger partial charge on any atom is 0.264 e. The zero-order valence-corrected chi connectivity index (χ0v) is 21.0. The van der Waals surface area contributed by atoms with Crippen molar-refractivity contribution in [3.8, 4) is 0 Å². The normalized spacial score (nSPS) is 11.6. The van der Waals surface area contributed by atoms with E-state index < -0.39 is 15.9 Å². The van der Waals surface area contributed by atoms with Gasteiger partial charge in [-0.2, -0.15) is 0 Å². The minimum Gasteiger partial charge on any atom is -0.342 e. The maximum absolute atomic E-state index is 12.8. The Morgan fingerprint density at radius 2 is 1.60 bits per heavy atom. The van der Waals surface area contributed by atoms with Crippen LogP contribution in [0.25, 0.3) is 11.0 Å². The number of carbonyl (C=O) groups is 1. The van der Waals surface area contributed by atoms with Crippen LogP contribution in [0.2, 0.25) is 0 Å². The van der Waals surface area contributed by atoms with Crippen molar-refractivity contribution in [2.24, 2.45) is 0 Å². The maximum atomic E-state index is 12.8. The van der Waals surface area contributed by atoms with Gasteiger partial charge in [-0.05, 0) is 67.0 Å². The molecule has 0 aliphatic rings. The molecule has 3 aromatic carbocycles. The molecule has 0 radical (unpaired) electrons. The number of carbonyl (C=O) groups excluding carboxylic acids is 1. The monoisotopic (exact) mass is 489 g/mol. The number of nitrogens with one attached hydrogen (secondary N) is 2. The van der Waals surface area contributed by atoms with Crippen LogP contribution in [-0.4, -0.2) is 30.0 Å². The molecule has 2 N–H and O–H groups in total. The first kappa shape index (κ1) is 24.7. The van der Waals surface area contributed by atoms with Gasteiger partial charge in [0.25, 0.3) is 5.91 Å². The van der Waals surface area contributed by atoms with Gasteiger partial charge >= 0.3 is 0 Å².